The van der Waals surface area contributed by atoms with E-state index in [9.17, 15) is 4.79 Å². The number of esters is 1. The Morgan fingerprint density at radius 1 is 1.37 bits per heavy atom. The zero-order valence-electron chi connectivity index (χ0n) is 11.6. The first kappa shape index (κ1) is 13.8. The summed E-state index contributed by atoms with van der Waals surface area (Å²) in [4.78, 5) is 15.8. The number of rotatable bonds is 3. The van der Waals surface area contributed by atoms with E-state index >= 15 is 0 Å². The van der Waals surface area contributed by atoms with E-state index in [0.717, 1.165) is 5.75 Å². The fraction of sp³-hybridized carbons (Fsp3) is 0.571. The van der Waals surface area contributed by atoms with Crippen LogP contribution in [-0.4, -0.2) is 35.2 Å². The zero-order valence-corrected chi connectivity index (χ0v) is 11.6. The van der Waals surface area contributed by atoms with Crippen LogP contribution in [0.1, 0.15) is 27.2 Å². The lowest BCUT2D eigenvalue weighted by molar-refractivity contribution is -0.157. The van der Waals surface area contributed by atoms with Gasteiger partial charge in [0.25, 0.3) is 0 Å². The van der Waals surface area contributed by atoms with E-state index < -0.39 is 5.60 Å². The highest BCUT2D eigenvalue weighted by molar-refractivity contribution is 5.76. The van der Waals surface area contributed by atoms with Gasteiger partial charge < -0.3 is 14.8 Å². The molecule has 1 aliphatic heterocycles. The van der Waals surface area contributed by atoms with E-state index in [1.165, 1.54) is 0 Å². The Kier molecular flexibility index (Phi) is 4.04. The molecule has 1 saturated heterocycles. The molecule has 0 amide bonds. The molecule has 1 aromatic rings. The molecule has 19 heavy (non-hydrogen) atoms. The molecule has 5 nitrogen and oxygen atoms in total. The van der Waals surface area contributed by atoms with Crippen molar-refractivity contribution in [1.82, 2.24) is 10.3 Å². The molecule has 1 fully saturated rings. The molecule has 1 aromatic heterocycles. The van der Waals surface area contributed by atoms with E-state index in [2.05, 4.69) is 10.3 Å². The van der Waals surface area contributed by atoms with Crippen molar-refractivity contribution < 1.29 is 14.3 Å². The van der Waals surface area contributed by atoms with Crippen LogP contribution in [0.2, 0.25) is 0 Å². The molecular formula is C14H20N2O3. The molecule has 0 radical (unpaired) electrons. The average molecular weight is 264 g/mol. The third kappa shape index (κ3) is 4.21. The van der Waals surface area contributed by atoms with Gasteiger partial charge in [0, 0.05) is 25.4 Å². The standard InChI is InChI=1S/C14H20N2O3/c1-14(2,3)19-13(17)12-8-11(9-16-12)18-10-4-6-15-7-5-10/h4-7,11-12,16H,8-9H2,1-3H3/t11-,12-/m0/s1. The Morgan fingerprint density at radius 2 is 2.05 bits per heavy atom. The fourth-order valence-corrected chi connectivity index (χ4v) is 1.95. The van der Waals surface area contributed by atoms with E-state index in [1.807, 2.05) is 20.8 Å². The molecule has 0 spiro atoms. The Bertz CT molecular complexity index is 428. The Hall–Kier alpha value is -1.62. The molecular weight excluding hydrogens is 244 g/mol. The lowest BCUT2D eigenvalue weighted by atomic mass is 10.1. The minimum Gasteiger partial charge on any atom is -0.489 e. The minimum atomic E-state index is -0.456. The van der Waals surface area contributed by atoms with E-state index in [0.29, 0.717) is 13.0 Å². The maximum Gasteiger partial charge on any atom is 0.323 e. The van der Waals surface area contributed by atoms with Gasteiger partial charge in [-0.1, -0.05) is 0 Å². The third-order valence-electron chi connectivity index (χ3n) is 2.73. The molecule has 1 N–H and O–H groups in total. The number of aromatic nitrogens is 1. The van der Waals surface area contributed by atoms with Crippen molar-refractivity contribution in [3.05, 3.63) is 24.5 Å². The van der Waals surface area contributed by atoms with Gasteiger partial charge in [-0.2, -0.15) is 0 Å². The SMILES string of the molecule is CC(C)(C)OC(=O)[C@@H]1C[C@H](Oc2ccncc2)CN1. The number of carbonyl (C=O) groups is 1. The van der Waals surface area contributed by atoms with Gasteiger partial charge in [0.2, 0.25) is 0 Å². The quantitative estimate of drug-likeness (QED) is 0.839. The first-order valence-corrected chi connectivity index (χ1v) is 6.47. The Balaban J connectivity index is 1.85. The lowest BCUT2D eigenvalue weighted by Gasteiger charge is -2.22. The number of hydrogen-bond acceptors (Lipinski definition) is 5. The molecule has 2 rings (SSSR count). The van der Waals surface area contributed by atoms with Crippen molar-refractivity contribution in [2.45, 2.75) is 44.9 Å². The monoisotopic (exact) mass is 264 g/mol. The van der Waals surface area contributed by atoms with Gasteiger partial charge in [-0.05, 0) is 32.9 Å². The summed E-state index contributed by atoms with van der Waals surface area (Å²) in [5.41, 5.74) is -0.456. The molecule has 2 atom stereocenters. The molecule has 104 valence electrons. The highest BCUT2D eigenvalue weighted by Gasteiger charge is 2.33. The summed E-state index contributed by atoms with van der Waals surface area (Å²) in [5, 5.41) is 3.13. The smallest absolute Gasteiger partial charge is 0.323 e. The second-order valence-electron chi connectivity index (χ2n) is 5.65. The van der Waals surface area contributed by atoms with Gasteiger partial charge in [0.05, 0.1) is 0 Å². The van der Waals surface area contributed by atoms with Crippen LogP contribution >= 0.6 is 0 Å². The number of nitrogens with one attached hydrogen (secondary N) is 1. The fourth-order valence-electron chi connectivity index (χ4n) is 1.95. The average Bonchev–Trinajstić information content (AvgIpc) is 2.77. The summed E-state index contributed by atoms with van der Waals surface area (Å²) < 4.78 is 11.1. The van der Waals surface area contributed by atoms with Crippen LogP contribution in [-0.2, 0) is 9.53 Å². The first-order valence-electron chi connectivity index (χ1n) is 6.47. The number of ether oxygens (including phenoxy) is 2. The van der Waals surface area contributed by atoms with Crippen molar-refractivity contribution in [1.29, 1.82) is 0 Å². The lowest BCUT2D eigenvalue weighted by Crippen LogP contribution is -2.37. The molecule has 0 saturated carbocycles. The van der Waals surface area contributed by atoms with Gasteiger partial charge in [-0.3, -0.25) is 9.78 Å². The Morgan fingerprint density at radius 3 is 2.68 bits per heavy atom. The summed E-state index contributed by atoms with van der Waals surface area (Å²) in [7, 11) is 0. The molecule has 5 heteroatoms. The molecule has 0 unspecified atom stereocenters. The van der Waals surface area contributed by atoms with Gasteiger partial charge in [0.1, 0.15) is 23.5 Å². The maximum absolute atomic E-state index is 11.9. The van der Waals surface area contributed by atoms with Gasteiger partial charge in [-0.15, -0.1) is 0 Å². The van der Waals surface area contributed by atoms with Crippen molar-refractivity contribution >= 4 is 5.97 Å². The second kappa shape index (κ2) is 5.57. The normalized spacial score (nSPS) is 23.1. The molecule has 0 aliphatic carbocycles. The van der Waals surface area contributed by atoms with Gasteiger partial charge >= 0.3 is 5.97 Å². The summed E-state index contributed by atoms with van der Waals surface area (Å²) in [6, 6.07) is 3.33. The number of hydrogen-bond donors (Lipinski definition) is 1. The van der Waals surface area contributed by atoms with Crippen molar-refractivity contribution in [2.24, 2.45) is 0 Å². The summed E-state index contributed by atoms with van der Waals surface area (Å²) >= 11 is 0. The van der Waals surface area contributed by atoms with Gasteiger partial charge in [-0.25, -0.2) is 0 Å². The first-order chi connectivity index (χ1) is 8.94. The van der Waals surface area contributed by atoms with E-state index in [-0.39, 0.29) is 18.1 Å². The highest BCUT2D eigenvalue weighted by Crippen LogP contribution is 2.18. The number of carbonyl (C=O) groups excluding carboxylic acids is 1. The number of nitrogens with zero attached hydrogens (tertiary/aromatic N) is 1. The van der Waals surface area contributed by atoms with Crippen molar-refractivity contribution in [3.63, 3.8) is 0 Å². The zero-order chi connectivity index (χ0) is 13.9. The van der Waals surface area contributed by atoms with Gasteiger partial charge in [0.15, 0.2) is 0 Å². The number of pyridine rings is 1. The van der Waals surface area contributed by atoms with Crippen molar-refractivity contribution in [2.75, 3.05) is 6.54 Å². The summed E-state index contributed by atoms with van der Waals surface area (Å²) in [6.07, 6.45) is 3.98. The topological polar surface area (TPSA) is 60.5 Å². The summed E-state index contributed by atoms with van der Waals surface area (Å²) in [6.45, 7) is 6.24. The second-order valence-corrected chi connectivity index (χ2v) is 5.65. The van der Waals surface area contributed by atoms with Crippen LogP contribution in [0.25, 0.3) is 0 Å². The molecule has 2 heterocycles. The summed E-state index contributed by atoms with van der Waals surface area (Å²) in [5.74, 6) is 0.556. The molecule has 1 aliphatic rings. The van der Waals surface area contributed by atoms with Crippen LogP contribution in [0.4, 0.5) is 0 Å². The van der Waals surface area contributed by atoms with Crippen LogP contribution in [0.15, 0.2) is 24.5 Å². The van der Waals surface area contributed by atoms with E-state index in [4.69, 9.17) is 9.47 Å². The highest BCUT2D eigenvalue weighted by atomic mass is 16.6. The predicted molar refractivity (Wildman–Crippen MR) is 70.9 cm³/mol. The van der Waals surface area contributed by atoms with Crippen molar-refractivity contribution in [3.8, 4) is 5.75 Å². The van der Waals surface area contributed by atoms with E-state index in [1.54, 1.807) is 24.5 Å². The van der Waals surface area contributed by atoms with Crippen LogP contribution < -0.4 is 10.1 Å². The van der Waals surface area contributed by atoms with Crippen LogP contribution in [0.3, 0.4) is 0 Å². The predicted octanol–water partition coefficient (Wildman–Crippen LogP) is 1.53. The Labute approximate surface area is 113 Å². The largest absolute Gasteiger partial charge is 0.489 e. The third-order valence-corrected chi connectivity index (χ3v) is 2.73. The minimum absolute atomic E-state index is 0.0140. The van der Waals surface area contributed by atoms with Crippen LogP contribution in [0.5, 0.6) is 5.75 Å². The molecule has 0 aromatic carbocycles. The van der Waals surface area contributed by atoms with Crippen LogP contribution in [0, 0.1) is 0 Å². The molecule has 0 bridgehead atoms. The maximum atomic E-state index is 11.9.